The van der Waals surface area contributed by atoms with Crippen LogP contribution in [-0.2, 0) is 9.63 Å². The minimum atomic E-state index is -1.07. The van der Waals surface area contributed by atoms with E-state index in [4.69, 9.17) is 16.4 Å². The molecule has 11 nitrogen and oxygen atoms in total. The molecule has 2 saturated carbocycles. The molecule has 2 aliphatic carbocycles. The second kappa shape index (κ2) is 8.66. The predicted octanol–water partition coefficient (Wildman–Crippen LogP) is 5.52. The number of nitro benzene ring substituents is 2. The van der Waals surface area contributed by atoms with Crippen molar-refractivity contribution in [2.45, 2.75) is 40.0 Å². The third-order valence-corrected chi connectivity index (χ3v) is 8.28. The van der Waals surface area contributed by atoms with Gasteiger partial charge in [0.25, 0.3) is 11.4 Å². The summed E-state index contributed by atoms with van der Waals surface area (Å²) in [6, 6.07) is 9.37. The zero-order valence-electron chi connectivity index (χ0n) is 19.7. The van der Waals surface area contributed by atoms with Crippen molar-refractivity contribution < 1.29 is 24.3 Å². The molecule has 188 valence electrons. The van der Waals surface area contributed by atoms with E-state index in [0.717, 1.165) is 18.2 Å². The molecule has 2 aromatic rings. The maximum atomic E-state index is 13.5. The van der Waals surface area contributed by atoms with Crippen molar-refractivity contribution in [1.29, 1.82) is 0 Å². The van der Waals surface area contributed by atoms with Gasteiger partial charge in [-0.2, -0.15) is 0 Å². The lowest BCUT2D eigenvalue weighted by atomic mass is 9.64. The van der Waals surface area contributed by atoms with E-state index in [1.807, 2.05) is 20.8 Å². The number of benzene rings is 2. The molecule has 2 aromatic carbocycles. The molecule has 12 heteroatoms. The largest absolute Gasteiger partial charge is 0.366 e. The smallest absolute Gasteiger partial charge is 0.326 e. The number of nitrogens with zero attached hydrogens (tertiary/aromatic N) is 3. The van der Waals surface area contributed by atoms with Crippen LogP contribution < -0.4 is 5.32 Å². The molecule has 0 heterocycles. The first-order chi connectivity index (χ1) is 16.8. The first kappa shape index (κ1) is 25.2. The Hall–Kier alpha value is -3.86. The van der Waals surface area contributed by atoms with E-state index in [0.29, 0.717) is 29.3 Å². The summed E-state index contributed by atoms with van der Waals surface area (Å²) in [5, 5.41) is 29.8. The number of halogens is 1. The van der Waals surface area contributed by atoms with Crippen LogP contribution in [-0.4, -0.2) is 27.4 Å². The fraction of sp³-hybridized carbons (Fsp3) is 0.375. The van der Waals surface area contributed by atoms with Crippen LogP contribution in [0.25, 0.3) is 0 Å². The maximum absolute atomic E-state index is 13.5. The fourth-order valence-electron chi connectivity index (χ4n) is 5.41. The number of oxime groups is 1. The summed E-state index contributed by atoms with van der Waals surface area (Å²) in [4.78, 5) is 51.9. The van der Waals surface area contributed by atoms with Crippen molar-refractivity contribution in [2.24, 2.45) is 21.4 Å². The Morgan fingerprint density at radius 1 is 1.03 bits per heavy atom. The highest BCUT2D eigenvalue weighted by Gasteiger charge is 2.71. The van der Waals surface area contributed by atoms with Crippen LogP contribution in [0.1, 0.15) is 50.4 Å². The second-order valence-electron chi connectivity index (χ2n) is 9.85. The van der Waals surface area contributed by atoms with Gasteiger partial charge in [0.05, 0.1) is 32.6 Å². The first-order valence-corrected chi connectivity index (χ1v) is 11.5. The van der Waals surface area contributed by atoms with Gasteiger partial charge in [0, 0.05) is 34.7 Å². The molecule has 1 amide bonds. The minimum Gasteiger partial charge on any atom is -0.326 e. The van der Waals surface area contributed by atoms with Crippen molar-refractivity contribution in [3.63, 3.8) is 0 Å². The number of amides is 1. The van der Waals surface area contributed by atoms with Crippen LogP contribution in [0.15, 0.2) is 47.6 Å². The SMILES string of the molecule is CC12CCC(C(=O)Nc3cccc(Cl)c3)(C/C1=N\OC(=O)c1cc([N+](=O)[O-])cc([N+](=O)[O-])c1)C2(C)C. The average Bonchev–Trinajstić information content (AvgIpc) is 3.13. The molecular formula is C24H23ClN4O7. The van der Waals surface area contributed by atoms with Crippen molar-refractivity contribution in [3.8, 4) is 0 Å². The van der Waals surface area contributed by atoms with Gasteiger partial charge in [-0.05, 0) is 36.5 Å². The van der Waals surface area contributed by atoms with Crippen LogP contribution in [0.3, 0.4) is 0 Å². The third-order valence-electron chi connectivity index (χ3n) is 8.05. The molecule has 36 heavy (non-hydrogen) atoms. The molecule has 0 aromatic heterocycles. The summed E-state index contributed by atoms with van der Waals surface area (Å²) in [6.45, 7) is 5.91. The van der Waals surface area contributed by atoms with Crippen molar-refractivity contribution in [2.75, 3.05) is 5.32 Å². The number of nitro groups is 2. The van der Waals surface area contributed by atoms with Crippen molar-refractivity contribution >= 4 is 46.3 Å². The van der Waals surface area contributed by atoms with Gasteiger partial charge in [0.15, 0.2) is 0 Å². The lowest BCUT2D eigenvalue weighted by molar-refractivity contribution is -0.394. The van der Waals surface area contributed by atoms with Gasteiger partial charge in [-0.3, -0.25) is 25.0 Å². The average molecular weight is 515 g/mol. The van der Waals surface area contributed by atoms with E-state index in [1.165, 1.54) is 0 Å². The molecule has 2 unspecified atom stereocenters. The van der Waals surface area contributed by atoms with E-state index in [-0.39, 0.29) is 17.9 Å². The highest BCUT2D eigenvalue weighted by atomic mass is 35.5. The predicted molar refractivity (Wildman–Crippen MR) is 131 cm³/mol. The summed E-state index contributed by atoms with van der Waals surface area (Å²) in [7, 11) is 0. The molecule has 1 N–H and O–H groups in total. The zero-order chi connectivity index (χ0) is 26.5. The number of rotatable bonds is 6. The van der Waals surface area contributed by atoms with Gasteiger partial charge >= 0.3 is 5.97 Å². The summed E-state index contributed by atoms with van der Waals surface area (Å²) < 4.78 is 0. The van der Waals surface area contributed by atoms with Crippen LogP contribution in [0.5, 0.6) is 0 Å². The normalized spacial score (nSPS) is 24.9. The van der Waals surface area contributed by atoms with E-state index in [9.17, 15) is 29.8 Å². The third kappa shape index (κ3) is 3.89. The Morgan fingerprint density at radius 3 is 2.25 bits per heavy atom. The van der Waals surface area contributed by atoms with Crippen molar-refractivity contribution in [1.82, 2.24) is 0 Å². The summed E-state index contributed by atoms with van der Waals surface area (Å²) in [6.07, 6.45) is 1.47. The van der Waals surface area contributed by atoms with E-state index >= 15 is 0 Å². The van der Waals surface area contributed by atoms with E-state index in [1.54, 1.807) is 24.3 Å². The molecule has 2 bridgehead atoms. The molecule has 2 aliphatic rings. The molecule has 2 atom stereocenters. The van der Waals surface area contributed by atoms with Gasteiger partial charge in [-0.15, -0.1) is 0 Å². The van der Waals surface area contributed by atoms with Gasteiger partial charge in [0.1, 0.15) is 0 Å². The Labute approximate surface area is 210 Å². The number of fused-ring (bicyclic) bond motifs is 2. The molecule has 0 saturated heterocycles. The van der Waals surface area contributed by atoms with Crippen LogP contribution >= 0.6 is 11.6 Å². The lowest BCUT2D eigenvalue weighted by Crippen LogP contribution is -2.43. The lowest BCUT2D eigenvalue weighted by Gasteiger charge is -2.39. The zero-order valence-corrected chi connectivity index (χ0v) is 20.5. The number of carbonyl (C=O) groups excluding carboxylic acids is 2. The molecule has 4 rings (SSSR count). The number of nitrogens with one attached hydrogen (secondary N) is 1. The summed E-state index contributed by atoms with van der Waals surface area (Å²) in [5.41, 5.74) is -2.46. The number of carbonyl (C=O) groups is 2. The Balaban J connectivity index is 1.61. The van der Waals surface area contributed by atoms with Crippen LogP contribution in [0.4, 0.5) is 17.1 Å². The molecular weight excluding hydrogens is 492 g/mol. The quantitative estimate of drug-likeness (QED) is 0.302. The molecule has 0 radical (unpaired) electrons. The standard InChI is InChI=1S/C24H23ClN4O7/c1-22(2)23(3)7-8-24(22,21(31)26-16-6-4-5-15(25)11-16)13-19(23)27-36-20(30)14-9-17(28(32)33)12-18(10-14)29(34)35/h4-6,9-12H,7-8,13H2,1-3H3,(H,26,31)/b27-19+. The second-order valence-corrected chi connectivity index (χ2v) is 10.3. The van der Waals surface area contributed by atoms with Gasteiger partial charge < -0.3 is 10.2 Å². The summed E-state index contributed by atoms with van der Waals surface area (Å²) >= 11 is 6.05. The number of anilines is 1. The van der Waals surface area contributed by atoms with E-state index < -0.39 is 43.4 Å². The molecule has 0 spiro atoms. The highest BCUT2D eigenvalue weighted by Crippen LogP contribution is 2.71. The fourth-order valence-corrected chi connectivity index (χ4v) is 5.60. The Morgan fingerprint density at radius 2 is 1.67 bits per heavy atom. The molecule has 2 fully saturated rings. The number of non-ortho nitro benzene ring substituents is 2. The minimum absolute atomic E-state index is 0.190. The van der Waals surface area contributed by atoms with Gasteiger partial charge in [-0.25, -0.2) is 4.79 Å². The topological polar surface area (TPSA) is 154 Å². The number of hydrogen-bond acceptors (Lipinski definition) is 8. The van der Waals surface area contributed by atoms with E-state index in [2.05, 4.69) is 10.5 Å². The summed E-state index contributed by atoms with van der Waals surface area (Å²) in [5.74, 6) is -1.26. The number of hydrogen-bond donors (Lipinski definition) is 1. The van der Waals surface area contributed by atoms with Crippen LogP contribution in [0, 0.1) is 36.5 Å². The molecule has 0 aliphatic heterocycles. The monoisotopic (exact) mass is 514 g/mol. The Bertz CT molecular complexity index is 1310. The van der Waals surface area contributed by atoms with Crippen molar-refractivity contribution in [3.05, 3.63) is 73.3 Å². The Kier molecular flexibility index (Phi) is 6.07. The maximum Gasteiger partial charge on any atom is 0.366 e. The van der Waals surface area contributed by atoms with Gasteiger partial charge in [0.2, 0.25) is 5.91 Å². The highest BCUT2D eigenvalue weighted by molar-refractivity contribution is 6.30. The van der Waals surface area contributed by atoms with Crippen LogP contribution in [0.2, 0.25) is 5.02 Å². The van der Waals surface area contributed by atoms with Gasteiger partial charge in [-0.1, -0.05) is 43.6 Å². The first-order valence-electron chi connectivity index (χ1n) is 11.1.